The van der Waals surface area contributed by atoms with Gasteiger partial charge in [0.05, 0.1) is 12.3 Å². The minimum Gasteiger partial charge on any atom is -0.486 e. The maximum atomic E-state index is 11.7. The van der Waals surface area contributed by atoms with E-state index in [4.69, 9.17) is 9.47 Å². The highest BCUT2D eigenvalue weighted by atomic mass is 32.1. The van der Waals surface area contributed by atoms with E-state index in [0.29, 0.717) is 23.8 Å². The third-order valence-corrected chi connectivity index (χ3v) is 4.25. The molecule has 0 atom stereocenters. The molecule has 0 radical (unpaired) electrons. The summed E-state index contributed by atoms with van der Waals surface area (Å²) in [5.74, 6) is 0.494. The third kappa shape index (κ3) is 3.82. The molecular weight excluding hydrogens is 286 g/mol. The summed E-state index contributed by atoms with van der Waals surface area (Å²) >= 11 is 1.32. The number of aryl methyl sites for hydroxylation is 3. The Morgan fingerprint density at radius 2 is 2.00 bits per heavy atom. The first-order chi connectivity index (χ1) is 10.0. The number of aromatic nitrogens is 1. The van der Waals surface area contributed by atoms with Gasteiger partial charge in [-0.3, -0.25) is 0 Å². The zero-order valence-corrected chi connectivity index (χ0v) is 13.5. The Morgan fingerprint density at radius 1 is 1.24 bits per heavy atom. The molecular formula is C16H19NO3S. The molecule has 0 aliphatic rings. The fraction of sp³-hybridized carbons (Fsp3) is 0.375. The third-order valence-electron chi connectivity index (χ3n) is 3.14. The zero-order valence-electron chi connectivity index (χ0n) is 12.7. The van der Waals surface area contributed by atoms with Crippen LogP contribution in [0.2, 0.25) is 0 Å². The van der Waals surface area contributed by atoms with E-state index in [1.807, 2.05) is 25.1 Å². The smallest absolute Gasteiger partial charge is 0.350 e. The van der Waals surface area contributed by atoms with Crippen LogP contribution in [-0.4, -0.2) is 17.6 Å². The Labute approximate surface area is 128 Å². The molecule has 1 heterocycles. The van der Waals surface area contributed by atoms with Crippen LogP contribution in [0, 0.1) is 20.8 Å². The molecule has 5 heteroatoms. The van der Waals surface area contributed by atoms with Crippen molar-refractivity contribution in [3.63, 3.8) is 0 Å². The van der Waals surface area contributed by atoms with Gasteiger partial charge in [-0.05, 0) is 51.0 Å². The molecule has 0 aliphatic carbocycles. The minimum absolute atomic E-state index is 0.315. The summed E-state index contributed by atoms with van der Waals surface area (Å²) in [4.78, 5) is 16.7. The summed E-state index contributed by atoms with van der Waals surface area (Å²) in [7, 11) is 0. The molecule has 0 aliphatic heterocycles. The summed E-state index contributed by atoms with van der Waals surface area (Å²) in [6.07, 6.45) is 0. The fourth-order valence-electron chi connectivity index (χ4n) is 1.85. The maximum Gasteiger partial charge on any atom is 0.350 e. The van der Waals surface area contributed by atoms with Gasteiger partial charge in [0.15, 0.2) is 0 Å². The van der Waals surface area contributed by atoms with Gasteiger partial charge in [0.1, 0.15) is 22.2 Å². The normalized spacial score (nSPS) is 10.5. The van der Waals surface area contributed by atoms with Crippen molar-refractivity contribution in [2.24, 2.45) is 0 Å². The number of hydrogen-bond acceptors (Lipinski definition) is 5. The van der Waals surface area contributed by atoms with Gasteiger partial charge < -0.3 is 9.47 Å². The second kappa shape index (κ2) is 6.72. The second-order valence-corrected chi connectivity index (χ2v) is 5.86. The van der Waals surface area contributed by atoms with Crippen molar-refractivity contribution in [3.8, 4) is 5.75 Å². The Bertz CT molecular complexity index is 649. The molecule has 0 saturated heterocycles. The van der Waals surface area contributed by atoms with Crippen molar-refractivity contribution >= 4 is 17.3 Å². The minimum atomic E-state index is -0.315. The zero-order chi connectivity index (χ0) is 15.4. The lowest BCUT2D eigenvalue weighted by atomic mass is 10.1. The molecule has 1 aromatic carbocycles. The van der Waals surface area contributed by atoms with E-state index >= 15 is 0 Å². The number of thiazole rings is 1. The quantitative estimate of drug-likeness (QED) is 0.788. The first-order valence-electron chi connectivity index (χ1n) is 6.84. The molecule has 0 amide bonds. The van der Waals surface area contributed by atoms with E-state index in [0.717, 1.165) is 10.8 Å². The lowest BCUT2D eigenvalue weighted by Gasteiger charge is -2.06. The number of ether oxygens (including phenoxy) is 2. The first-order valence-corrected chi connectivity index (χ1v) is 7.66. The van der Waals surface area contributed by atoms with Crippen LogP contribution in [0.1, 0.15) is 38.4 Å². The highest BCUT2D eigenvalue weighted by molar-refractivity contribution is 7.13. The summed E-state index contributed by atoms with van der Waals surface area (Å²) in [5.41, 5.74) is 3.12. The highest BCUT2D eigenvalue weighted by Crippen LogP contribution is 2.22. The molecule has 4 nitrogen and oxygen atoms in total. The second-order valence-electron chi connectivity index (χ2n) is 4.78. The van der Waals surface area contributed by atoms with Gasteiger partial charge >= 0.3 is 5.97 Å². The molecule has 2 rings (SSSR count). The predicted molar refractivity (Wildman–Crippen MR) is 83.1 cm³/mol. The number of carbonyl (C=O) groups is 1. The molecule has 0 N–H and O–H groups in total. The molecule has 0 unspecified atom stereocenters. The maximum absolute atomic E-state index is 11.7. The van der Waals surface area contributed by atoms with Crippen molar-refractivity contribution in [1.29, 1.82) is 0 Å². The number of carbonyl (C=O) groups excluding carboxylic acids is 1. The number of rotatable bonds is 5. The number of hydrogen-bond donors (Lipinski definition) is 0. The molecule has 0 spiro atoms. The van der Waals surface area contributed by atoms with Crippen LogP contribution in [0.3, 0.4) is 0 Å². The molecule has 1 aromatic heterocycles. The largest absolute Gasteiger partial charge is 0.486 e. The molecule has 112 valence electrons. The number of nitrogens with zero attached hydrogens (tertiary/aromatic N) is 1. The van der Waals surface area contributed by atoms with Gasteiger partial charge in [-0.25, -0.2) is 9.78 Å². The first kappa shape index (κ1) is 15.5. The van der Waals surface area contributed by atoms with Crippen LogP contribution < -0.4 is 4.74 Å². The van der Waals surface area contributed by atoms with Crippen molar-refractivity contribution in [1.82, 2.24) is 4.98 Å². The van der Waals surface area contributed by atoms with Gasteiger partial charge in [-0.2, -0.15) is 0 Å². The van der Waals surface area contributed by atoms with E-state index in [1.165, 1.54) is 22.5 Å². The summed E-state index contributed by atoms with van der Waals surface area (Å²) in [6.45, 7) is 8.43. The van der Waals surface area contributed by atoms with Crippen molar-refractivity contribution < 1.29 is 14.3 Å². The molecule has 0 saturated carbocycles. The molecule has 2 aromatic rings. The summed E-state index contributed by atoms with van der Waals surface area (Å²) < 4.78 is 10.7. The average Bonchev–Trinajstić information content (AvgIpc) is 2.82. The van der Waals surface area contributed by atoms with Crippen molar-refractivity contribution in [2.75, 3.05) is 6.61 Å². The molecule has 21 heavy (non-hydrogen) atoms. The fourth-order valence-corrected chi connectivity index (χ4v) is 2.72. The van der Waals surface area contributed by atoms with Crippen LogP contribution >= 0.6 is 11.3 Å². The summed E-state index contributed by atoms with van der Waals surface area (Å²) in [6, 6.07) is 5.97. The Hall–Kier alpha value is -1.88. The number of benzene rings is 1. The Morgan fingerprint density at radius 3 is 2.67 bits per heavy atom. The van der Waals surface area contributed by atoms with Gasteiger partial charge in [-0.1, -0.05) is 6.07 Å². The standard InChI is InChI=1S/C16H19NO3S/c1-5-19-16(18)15-12(4)17-14(21-15)9-20-13-7-6-10(2)11(3)8-13/h6-8H,5,9H2,1-4H3. The van der Waals surface area contributed by atoms with E-state index in [1.54, 1.807) is 6.92 Å². The predicted octanol–water partition coefficient (Wildman–Crippen LogP) is 3.82. The lowest BCUT2D eigenvalue weighted by Crippen LogP contribution is -2.03. The van der Waals surface area contributed by atoms with E-state index < -0.39 is 0 Å². The van der Waals surface area contributed by atoms with E-state index in [2.05, 4.69) is 18.8 Å². The Balaban J connectivity index is 2.05. The molecule has 0 bridgehead atoms. The van der Waals surface area contributed by atoms with Crippen LogP contribution in [-0.2, 0) is 11.3 Å². The highest BCUT2D eigenvalue weighted by Gasteiger charge is 2.16. The topological polar surface area (TPSA) is 48.4 Å². The van der Waals surface area contributed by atoms with Gasteiger partial charge in [0, 0.05) is 0 Å². The van der Waals surface area contributed by atoms with Crippen LogP contribution in [0.5, 0.6) is 5.75 Å². The van der Waals surface area contributed by atoms with E-state index in [9.17, 15) is 4.79 Å². The van der Waals surface area contributed by atoms with Gasteiger partial charge in [0.2, 0.25) is 0 Å². The van der Waals surface area contributed by atoms with E-state index in [-0.39, 0.29) is 5.97 Å². The van der Waals surface area contributed by atoms with Crippen molar-refractivity contribution in [3.05, 3.63) is 44.9 Å². The Kier molecular flexibility index (Phi) is 4.96. The van der Waals surface area contributed by atoms with Crippen molar-refractivity contribution in [2.45, 2.75) is 34.3 Å². The summed E-state index contributed by atoms with van der Waals surface area (Å²) in [5, 5.41) is 0.772. The van der Waals surface area contributed by atoms with Crippen LogP contribution in [0.15, 0.2) is 18.2 Å². The van der Waals surface area contributed by atoms with Gasteiger partial charge in [0.25, 0.3) is 0 Å². The SMILES string of the molecule is CCOC(=O)c1sc(COc2ccc(C)c(C)c2)nc1C. The molecule has 0 fully saturated rings. The lowest BCUT2D eigenvalue weighted by molar-refractivity contribution is 0.0531. The van der Waals surface area contributed by atoms with Gasteiger partial charge in [-0.15, -0.1) is 11.3 Å². The van der Waals surface area contributed by atoms with Crippen LogP contribution in [0.4, 0.5) is 0 Å². The monoisotopic (exact) mass is 305 g/mol. The number of esters is 1. The average molecular weight is 305 g/mol. The van der Waals surface area contributed by atoms with Crippen LogP contribution in [0.25, 0.3) is 0 Å².